The Hall–Kier alpha value is -0.960. The molecule has 1 N–H and O–H groups in total. The first-order valence-electron chi connectivity index (χ1n) is 5.53. The van der Waals surface area contributed by atoms with E-state index in [-0.39, 0.29) is 13.0 Å². The van der Waals surface area contributed by atoms with Crippen LogP contribution in [-0.4, -0.2) is 51.5 Å². The molecule has 0 aromatic rings. The summed E-state index contributed by atoms with van der Waals surface area (Å²) in [5, 5.41) is 1.54. The lowest BCUT2D eigenvalue weighted by atomic mass is 10.2. The molecule has 0 aliphatic rings. The molecule has 0 rings (SSSR count). The third kappa shape index (κ3) is 6.67. The Kier molecular flexibility index (Phi) is 7.84. The number of methoxy groups -OCH3 is 1. The van der Waals surface area contributed by atoms with Gasteiger partial charge in [-0.3, -0.25) is 4.79 Å². The summed E-state index contributed by atoms with van der Waals surface area (Å²) in [6, 6.07) is 0. The topological polar surface area (TPSA) is 47.6 Å². The van der Waals surface area contributed by atoms with Gasteiger partial charge in [0, 0.05) is 20.3 Å². The summed E-state index contributed by atoms with van der Waals surface area (Å²) in [6.45, 7) is 0.830. The zero-order valence-corrected chi connectivity index (χ0v) is 10.4. The number of rotatable bonds is 9. The van der Waals surface area contributed by atoms with Gasteiger partial charge >= 0.3 is 12.1 Å². The highest BCUT2D eigenvalue weighted by Gasteiger charge is 2.63. The Morgan fingerprint density at radius 3 is 2.21 bits per heavy atom. The molecule has 114 valence electrons. The van der Waals surface area contributed by atoms with Crippen LogP contribution in [0.4, 0.5) is 22.0 Å². The number of nitrogens with one attached hydrogen (secondary N) is 1. The predicted molar refractivity (Wildman–Crippen MR) is 55.9 cm³/mol. The Balaban J connectivity index is 3.70. The van der Waals surface area contributed by atoms with E-state index in [0.29, 0.717) is 26.2 Å². The van der Waals surface area contributed by atoms with Crippen molar-refractivity contribution in [3.05, 3.63) is 0 Å². The molecule has 0 saturated carbocycles. The van der Waals surface area contributed by atoms with Gasteiger partial charge in [-0.2, -0.15) is 22.0 Å². The van der Waals surface area contributed by atoms with Crippen molar-refractivity contribution in [3.8, 4) is 0 Å². The van der Waals surface area contributed by atoms with Crippen molar-refractivity contribution in [1.82, 2.24) is 5.32 Å². The van der Waals surface area contributed by atoms with Gasteiger partial charge in [-0.05, 0) is 12.8 Å². The van der Waals surface area contributed by atoms with Crippen molar-refractivity contribution in [3.63, 3.8) is 0 Å². The number of carbonyl (C=O) groups is 1. The molecule has 0 unspecified atom stereocenters. The molecular formula is C10H16F5NO3. The van der Waals surface area contributed by atoms with Crippen LogP contribution in [0, 0.1) is 0 Å². The van der Waals surface area contributed by atoms with E-state index >= 15 is 0 Å². The molecule has 9 heteroatoms. The van der Waals surface area contributed by atoms with Gasteiger partial charge in [0.2, 0.25) is 0 Å². The van der Waals surface area contributed by atoms with Crippen molar-refractivity contribution in [2.75, 3.05) is 33.5 Å². The van der Waals surface area contributed by atoms with Crippen LogP contribution in [0.3, 0.4) is 0 Å². The normalized spacial score (nSPS) is 12.5. The van der Waals surface area contributed by atoms with Crippen LogP contribution in [0.5, 0.6) is 0 Å². The third-order valence-electron chi connectivity index (χ3n) is 2.07. The highest BCUT2D eigenvalue weighted by atomic mass is 19.4. The number of carbonyl (C=O) groups excluding carboxylic acids is 1. The molecule has 0 atom stereocenters. The van der Waals surface area contributed by atoms with E-state index in [1.165, 1.54) is 7.11 Å². The zero-order valence-electron chi connectivity index (χ0n) is 10.4. The van der Waals surface area contributed by atoms with E-state index in [9.17, 15) is 26.7 Å². The number of unbranched alkanes of at least 4 members (excludes halogenated alkanes) is 1. The summed E-state index contributed by atoms with van der Waals surface area (Å²) in [5.74, 6) is -7.69. The van der Waals surface area contributed by atoms with E-state index in [1.54, 1.807) is 5.32 Å². The third-order valence-corrected chi connectivity index (χ3v) is 2.07. The van der Waals surface area contributed by atoms with Crippen molar-refractivity contribution in [2.24, 2.45) is 0 Å². The fourth-order valence-electron chi connectivity index (χ4n) is 1.02. The van der Waals surface area contributed by atoms with Crippen molar-refractivity contribution in [2.45, 2.75) is 24.9 Å². The van der Waals surface area contributed by atoms with Gasteiger partial charge in [-0.25, -0.2) is 0 Å². The van der Waals surface area contributed by atoms with Gasteiger partial charge in [0.05, 0.1) is 13.2 Å². The predicted octanol–water partition coefficient (Wildman–Crippen LogP) is 1.74. The lowest BCUT2D eigenvalue weighted by molar-refractivity contribution is -0.269. The lowest BCUT2D eigenvalue weighted by Crippen LogP contribution is -2.50. The monoisotopic (exact) mass is 293 g/mol. The second-order valence-electron chi connectivity index (χ2n) is 3.64. The summed E-state index contributed by atoms with van der Waals surface area (Å²) in [7, 11) is 1.50. The minimum atomic E-state index is -5.87. The Morgan fingerprint density at radius 1 is 1.05 bits per heavy atom. The van der Waals surface area contributed by atoms with Gasteiger partial charge in [0.25, 0.3) is 5.91 Å². The van der Waals surface area contributed by atoms with Crippen LogP contribution in [0.1, 0.15) is 12.8 Å². The highest BCUT2D eigenvalue weighted by Crippen LogP contribution is 2.35. The van der Waals surface area contributed by atoms with Crippen molar-refractivity contribution < 1.29 is 36.2 Å². The minimum absolute atomic E-state index is 0.243. The van der Waals surface area contributed by atoms with Crippen LogP contribution >= 0.6 is 0 Å². The lowest BCUT2D eigenvalue weighted by Gasteiger charge is -2.18. The van der Waals surface area contributed by atoms with E-state index < -0.39 is 18.0 Å². The second-order valence-corrected chi connectivity index (χ2v) is 3.64. The molecule has 0 aromatic heterocycles. The number of hydrogen-bond acceptors (Lipinski definition) is 3. The highest BCUT2D eigenvalue weighted by molar-refractivity contribution is 5.84. The first-order chi connectivity index (χ1) is 8.73. The fourth-order valence-corrected chi connectivity index (χ4v) is 1.02. The van der Waals surface area contributed by atoms with Gasteiger partial charge in [-0.1, -0.05) is 0 Å². The molecule has 0 aliphatic heterocycles. The Morgan fingerprint density at radius 2 is 1.68 bits per heavy atom. The molecular weight excluding hydrogens is 277 g/mol. The molecule has 0 saturated heterocycles. The average molecular weight is 293 g/mol. The number of amides is 1. The molecule has 0 fully saturated rings. The maximum atomic E-state index is 12.5. The van der Waals surface area contributed by atoms with Gasteiger partial charge in [0.15, 0.2) is 0 Å². The van der Waals surface area contributed by atoms with Gasteiger partial charge in [-0.15, -0.1) is 0 Å². The second kappa shape index (κ2) is 8.26. The number of ether oxygens (including phenoxy) is 2. The molecule has 0 spiro atoms. The quantitative estimate of drug-likeness (QED) is 0.520. The van der Waals surface area contributed by atoms with E-state index in [4.69, 9.17) is 9.47 Å². The van der Waals surface area contributed by atoms with Crippen molar-refractivity contribution in [1.29, 1.82) is 0 Å². The first-order valence-corrected chi connectivity index (χ1v) is 5.53. The molecule has 0 radical (unpaired) electrons. The molecule has 19 heavy (non-hydrogen) atoms. The zero-order chi connectivity index (χ0) is 14.9. The molecule has 0 aliphatic carbocycles. The number of halogens is 5. The minimum Gasteiger partial charge on any atom is -0.382 e. The number of hydrogen-bond donors (Lipinski definition) is 1. The summed E-state index contributed by atoms with van der Waals surface area (Å²) < 4.78 is 70.0. The van der Waals surface area contributed by atoms with Gasteiger partial charge < -0.3 is 14.8 Å². The van der Waals surface area contributed by atoms with E-state index in [0.717, 1.165) is 0 Å². The van der Waals surface area contributed by atoms with Crippen LogP contribution in [-0.2, 0) is 14.3 Å². The molecule has 0 bridgehead atoms. The number of alkyl halides is 5. The Bertz CT molecular complexity index is 270. The van der Waals surface area contributed by atoms with Crippen LogP contribution < -0.4 is 5.32 Å². The summed E-state index contributed by atoms with van der Waals surface area (Å²) in [4.78, 5) is 10.7. The molecule has 4 nitrogen and oxygen atoms in total. The summed E-state index contributed by atoms with van der Waals surface area (Å²) in [5.41, 5.74) is 0. The van der Waals surface area contributed by atoms with Crippen LogP contribution in [0.25, 0.3) is 0 Å². The molecule has 0 heterocycles. The Labute approximate surface area is 107 Å². The van der Waals surface area contributed by atoms with Crippen LogP contribution in [0.15, 0.2) is 0 Å². The summed E-state index contributed by atoms with van der Waals surface area (Å²) >= 11 is 0. The van der Waals surface area contributed by atoms with E-state index in [1.807, 2.05) is 0 Å². The SMILES string of the molecule is COCCOCCCCNC(=O)C(F)(F)C(F)(F)F. The average Bonchev–Trinajstić information content (AvgIpc) is 2.30. The maximum absolute atomic E-state index is 12.5. The largest absolute Gasteiger partial charge is 0.463 e. The van der Waals surface area contributed by atoms with E-state index in [2.05, 4.69) is 0 Å². The molecule has 1 amide bonds. The molecule has 0 aromatic carbocycles. The summed E-state index contributed by atoms with van der Waals surface area (Å²) in [6.07, 6.45) is -5.20. The maximum Gasteiger partial charge on any atom is 0.463 e. The smallest absolute Gasteiger partial charge is 0.382 e. The van der Waals surface area contributed by atoms with Crippen molar-refractivity contribution >= 4 is 5.91 Å². The standard InChI is InChI=1S/C10H16F5NO3/c1-18-6-7-19-5-3-2-4-16-8(17)9(11,12)10(13,14)15/h2-7H2,1H3,(H,16,17). The van der Waals surface area contributed by atoms with Crippen LogP contribution in [0.2, 0.25) is 0 Å². The fraction of sp³-hybridized carbons (Fsp3) is 0.900. The first kappa shape index (κ1) is 18.0. The van der Waals surface area contributed by atoms with Gasteiger partial charge in [0.1, 0.15) is 0 Å².